The van der Waals surface area contributed by atoms with Crippen LogP contribution >= 0.6 is 12.2 Å². The normalized spacial score (nSPS) is 10.8. The number of hydrogen-bond acceptors (Lipinski definition) is 4. The fourth-order valence-electron chi connectivity index (χ4n) is 2.39. The Balaban J connectivity index is 1.49. The van der Waals surface area contributed by atoms with Crippen LogP contribution in [0.1, 0.15) is 25.0 Å². The van der Waals surface area contributed by atoms with Crippen LogP contribution in [0.5, 0.6) is 0 Å². The molecule has 2 N–H and O–H groups in total. The van der Waals surface area contributed by atoms with Gasteiger partial charge < -0.3 is 10.6 Å². The largest absolute Gasteiger partial charge is 0.358 e. The van der Waals surface area contributed by atoms with Crippen molar-refractivity contribution in [3.63, 3.8) is 0 Å². The zero-order valence-electron chi connectivity index (χ0n) is 14.4. The third-order valence-corrected chi connectivity index (χ3v) is 3.96. The fraction of sp³-hybridized carbons (Fsp3) is 0.375. The summed E-state index contributed by atoms with van der Waals surface area (Å²) in [5, 5.41) is 19.7. The zero-order chi connectivity index (χ0) is 17.6. The lowest BCUT2D eigenvalue weighted by Gasteiger charge is -2.07. The molecule has 3 rings (SSSR count). The maximum Gasteiger partial charge on any atom is 0.171 e. The van der Waals surface area contributed by atoms with Gasteiger partial charge in [0.15, 0.2) is 5.11 Å². The third kappa shape index (κ3) is 4.66. The standard InChI is InChI=1S/C16H22N8S/c1-3-22-9-13(6-18-22)5-17-16(25)21-15-8-20-24(12-15)11-14-7-19-23(4-2)10-14/h6-10,12H,3-5,11H2,1-2H3,(H2,17,21,25). The monoisotopic (exact) mass is 358 g/mol. The Morgan fingerprint density at radius 1 is 0.920 bits per heavy atom. The van der Waals surface area contributed by atoms with E-state index in [-0.39, 0.29) is 0 Å². The molecule has 0 saturated heterocycles. The van der Waals surface area contributed by atoms with Crippen LogP contribution in [-0.2, 0) is 26.2 Å². The molecule has 0 spiro atoms. The van der Waals surface area contributed by atoms with Crippen molar-refractivity contribution in [1.29, 1.82) is 0 Å². The van der Waals surface area contributed by atoms with Gasteiger partial charge in [-0.05, 0) is 26.1 Å². The van der Waals surface area contributed by atoms with Crippen LogP contribution in [0.25, 0.3) is 0 Å². The molecule has 0 fully saturated rings. The van der Waals surface area contributed by atoms with E-state index < -0.39 is 0 Å². The average molecular weight is 358 g/mol. The van der Waals surface area contributed by atoms with Crippen LogP contribution in [0.4, 0.5) is 5.69 Å². The molecule has 25 heavy (non-hydrogen) atoms. The summed E-state index contributed by atoms with van der Waals surface area (Å²) < 4.78 is 5.64. The van der Waals surface area contributed by atoms with Crippen LogP contribution in [0, 0.1) is 0 Å². The maximum atomic E-state index is 5.33. The summed E-state index contributed by atoms with van der Waals surface area (Å²) in [6.45, 7) is 7.16. The molecule has 0 atom stereocenters. The fourth-order valence-corrected chi connectivity index (χ4v) is 2.58. The van der Waals surface area contributed by atoms with Crippen LogP contribution in [0.2, 0.25) is 0 Å². The van der Waals surface area contributed by atoms with E-state index in [0.29, 0.717) is 18.2 Å². The topological polar surface area (TPSA) is 77.5 Å². The molecule has 0 aliphatic carbocycles. The van der Waals surface area contributed by atoms with Crippen molar-refractivity contribution in [2.75, 3.05) is 5.32 Å². The first kappa shape index (κ1) is 17.2. The number of aryl methyl sites for hydroxylation is 2. The van der Waals surface area contributed by atoms with E-state index in [4.69, 9.17) is 12.2 Å². The van der Waals surface area contributed by atoms with Gasteiger partial charge in [-0.3, -0.25) is 14.0 Å². The van der Waals surface area contributed by atoms with Crippen molar-refractivity contribution in [3.8, 4) is 0 Å². The van der Waals surface area contributed by atoms with Crippen molar-refractivity contribution in [1.82, 2.24) is 34.7 Å². The van der Waals surface area contributed by atoms with Gasteiger partial charge in [-0.2, -0.15) is 15.3 Å². The highest BCUT2D eigenvalue weighted by molar-refractivity contribution is 7.80. The number of rotatable bonds is 7. The molecular formula is C16H22N8S. The van der Waals surface area contributed by atoms with Gasteiger partial charge in [-0.25, -0.2) is 0 Å². The van der Waals surface area contributed by atoms with Gasteiger partial charge in [0.2, 0.25) is 0 Å². The summed E-state index contributed by atoms with van der Waals surface area (Å²) in [4.78, 5) is 0. The summed E-state index contributed by atoms with van der Waals surface area (Å²) in [5.74, 6) is 0. The number of aromatic nitrogens is 6. The van der Waals surface area contributed by atoms with Gasteiger partial charge in [0.25, 0.3) is 0 Å². The Kier molecular flexibility index (Phi) is 5.44. The van der Waals surface area contributed by atoms with Crippen molar-refractivity contribution in [3.05, 3.63) is 48.3 Å². The van der Waals surface area contributed by atoms with Gasteiger partial charge >= 0.3 is 0 Å². The molecule has 3 heterocycles. The number of nitrogens with one attached hydrogen (secondary N) is 2. The summed E-state index contributed by atoms with van der Waals surface area (Å²) in [6.07, 6.45) is 11.4. The Morgan fingerprint density at radius 2 is 1.56 bits per heavy atom. The van der Waals surface area contributed by atoms with Crippen LogP contribution in [-0.4, -0.2) is 34.5 Å². The van der Waals surface area contributed by atoms with E-state index in [1.54, 1.807) is 6.20 Å². The zero-order valence-corrected chi connectivity index (χ0v) is 15.2. The molecule has 0 aromatic carbocycles. The van der Waals surface area contributed by atoms with Gasteiger partial charge in [0.1, 0.15) is 0 Å². The molecule has 0 radical (unpaired) electrons. The number of nitrogens with zero attached hydrogens (tertiary/aromatic N) is 6. The molecule has 0 saturated carbocycles. The van der Waals surface area contributed by atoms with Crippen molar-refractivity contribution >= 4 is 23.0 Å². The van der Waals surface area contributed by atoms with Crippen LogP contribution in [0.3, 0.4) is 0 Å². The molecular weight excluding hydrogens is 336 g/mol. The summed E-state index contributed by atoms with van der Waals surface area (Å²) in [6, 6.07) is 0. The molecule has 0 amide bonds. The predicted octanol–water partition coefficient (Wildman–Crippen LogP) is 1.85. The van der Waals surface area contributed by atoms with Crippen molar-refractivity contribution < 1.29 is 0 Å². The highest BCUT2D eigenvalue weighted by Gasteiger charge is 2.04. The smallest absolute Gasteiger partial charge is 0.171 e. The number of thiocarbonyl (C=S) groups is 1. The van der Waals surface area contributed by atoms with E-state index in [1.807, 2.05) is 45.0 Å². The average Bonchev–Trinajstić information content (AvgIpc) is 3.34. The molecule has 3 aromatic rings. The lowest BCUT2D eigenvalue weighted by molar-refractivity contribution is 0.654. The second kappa shape index (κ2) is 7.93. The van der Waals surface area contributed by atoms with E-state index >= 15 is 0 Å². The van der Waals surface area contributed by atoms with E-state index in [9.17, 15) is 0 Å². The minimum Gasteiger partial charge on any atom is -0.358 e. The maximum absolute atomic E-state index is 5.33. The Labute approximate surface area is 151 Å². The molecule has 0 aliphatic heterocycles. The molecule has 9 heteroatoms. The van der Waals surface area contributed by atoms with E-state index in [1.165, 1.54) is 0 Å². The molecule has 132 valence electrons. The molecule has 0 unspecified atom stereocenters. The second-order valence-electron chi connectivity index (χ2n) is 5.64. The third-order valence-electron chi connectivity index (χ3n) is 3.71. The lowest BCUT2D eigenvalue weighted by atomic mass is 10.3. The Morgan fingerprint density at radius 3 is 2.24 bits per heavy atom. The van der Waals surface area contributed by atoms with Crippen molar-refractivity contribution in [2.45, 2.75) is 40.0 Å². The highest BCUT2D eigenvalue weighted by atomic mass is 32.1. The number of hydrogen-bond donors (Lipinski definition) is 2. The predicted molar refractivity (Wildman–Crippen MR) is 100 cm³/mol. The second-order valence-corrected chi connectivity index (χ2v) is 6.05. The first-order chi connectivity index (χ1) is 12.2. The molecule has 3 aromatic heterocycles. The van der Waals surface area contributed by atoms with E-state index in [0.717, 1.165) is 29.9 Å². The van der Waals surface area contributed by atoms with E-state index in [2.05, 4.69) is 39.8 Å². The minimum absolute atomic E-state index is 0.558. The molecule has 0 bridgehead atoms. The van der Waals surface area contributed by atoms with Gasteiger partial charge in [0.05, 0.1) is 30.8 Å². The SMILES string of the molecule is CCn1cc(CNC(=S)Nc2cnn(Cc3cnn(CC)c3)c2)cn1. The summed E-state index contributed by atoms with van der Waals surface area (Å²) >= 11 is 5.33. The quantitative estimate of drug-likeness (QED) is 0.628. The Hall–Kier alpha value is -2.68. The minimum atomic E-state index is 0.558. The summed E-state index contributed by atoms with van der Waals surface area (Å²) in [5.41, 5.74) is 3.06. The Bertz CT molecular complexity index is 831. The van der Waals surface area contributed by atoms with Crippen molar-refractivity contribution in [2.24, 2.45) is 0 Å². The van der Waals surface area contributed by atoms with Gasteiger partial charge in [-0.1, -0.05) is 0 Å². The lowest BCUT2D eigenvalue weighted by Crippen LogP contribution is -2.27. The number of anilines is 1. The van der Waals surface area contributed by atoms with Crippen LogP contribution in [0.15, 0.2) is 37.2 Å². The van der Waals surface area contributed by atoms with Gasteiger partial charge in [-0.15, -0.1) is 0 Å². The highest BCUT2D eigenvalue weighted by Crippen LogP contribution is 2.08. The first-order valence-electron chi connectivity index (χ1n) is 8.26. The molecule has 0 aliphatic rings. The van der Waals surface area contributed by atoms with Crippen LogP contribution < -0.4 is 10.6 Å². The summed E-state index contributed by atoms with van der Waals surface area (Å²) in [7, 11) is 0. The molecule has 8 nitrogen and oxygen atoms in total. The first-order valence-corrected chi connectivity index (χ1v) is 8.67. The van der Waals surface area contributed by atoms with Gasteiger partial charge in [0, 0.05) is 49.4 Å².